The van der Waals surface area contributed by atoms with Gasteiger partial charge >= 0.3 is 0 Å². The van der Waals surface area contributed by atoms with Gasteiger partial charge in [0.2, 0.25) is 17.8 Å². The Bertz CT molecular complexity index is 2410. The number of anilines is 5. The summed E-state index contributed by atoms with van der Waals surface area (Å²) >= 11 is 0. The molecule has 3 atom stereocenters. The Labute approximate surface area is 352 Å². The maximum absolute atomic E-state index is 15.7. The van der Waals surface area contributed by atoms with Crippen molar-refractivity contribution in [1.29, 1.82) is 0 Å². The van der Waals surface area contributed by atoms with Crippen LogP contribution in [0, 0.1) is 11.7 Å². The number of rotatable bonds is 10. The zero-order valence-electron chi connectivity index (χ0n) is 34.7. The number of piperidine rings is 3. The van der Waals surface area contributed by atoms with Crippen LogP contribution in [0.25, 0.3) is 10.9 Å². The molecule has 5 saturated heterocycles. The maximum atomic E-state index is 15.7. The molecule has 18 heteroatoms. The fraction of sp³-hybridized carbons (Fsp3) is 0.535. The van der Waals surface area contributed by atoms with Crippen molar-refractivity contribution in [2.24, 2.45) is 5.92 Å². The minimum Gasteiger partial charge on any atom is -0.381 e. The molecular weight excluding hydrogens is 784 g/mol. The van der Waals surface area contributed by atoms with Crippen LogP contribution in [0.15, 0.2) is 36.7 Å². The highest BCUT2D eigenvalue weighted by Crippen LogP contribution is 2.40. The van der Waals surface area contributed by atoms with Gasteiger partial charge in [-0.05, 0) is 76.5 Å². The van der Waals surface area contributed by atoms with Gasteiger partial charge in [0.25, 0.3) is 11.8 Å². The minimum atomic E-state index is -1.09. The summed E-state index contributed by atoms with van der Waals surface area (Å²) in [7, 11) is 1.77. The number of likely N-dealkylation sites (tertiary alicyclic amines) is 1. The minimum absolute atomic E-state index is 0.0254. The molecule has 10 rings (SSSR count). The molecule has 0 spiro atoms. The lowest BCUT2D eigenvalue weighted by Gasteiger charge is -2.39. The van der Waals surface area contributed by atoms with Gasteiger partial charge < -0.3 is 24.8 Å². The normalized spacial score (nSPS) is 23.9. The number of amides is 4. The molecule has 3 unspecified atom stereocenters. The Morgan fingerprint density at radius 1 is 0.902 bits per heavy atom. The fourth-order valence-electron chi connectivity index (χ4n) is 10.3. The lowest BCUT2D eigenvalue weighted by Crippen LogP contribution is -2.54. The maximum Gasteiger partial charge on any atom is 0.262 e. The molecule has 6 aliphatic rings. The summed E-state index contributed by atoms with van der Waals surface area (Å²) in [6.07, 6.45) is 8.91. The molecule has 4 amide bonds. The Morgan fingerprint density at radius 2 is 1.66 bits per heavy atom. The van der Waals surface area contributed by atoms with E-state index in [0.29, 0.717) is 35.7 Å². The van der Waals surface area contributed by atoms with Crippen LogP contribution in [0.1, 0.15) is 85.6 Å². The summed E-state index contributed by atoms with van der Waals surface area (Å²) in [5.74, 6) is 0.533. The highest BCUT2D eigenvalue weighted by atomic mass is 19.1. The van der Waals surface area contributed by atoms with Crippen LogP contribution in [0.3, 0.4) is 0 Å². The molecule has 6 aliphatic heterocycles. The third-order valence-corrected chi connectivity index (χ3v) is 13.6. The number of fused-ring (bicyclic) bond motifs is 4. The van der Waals surface area contributed by atoms with Gasteiger partial charge in [-0.3, -0.25) is 39.0 Å². The number of nitrogens with zero attached hydrogens (tertiary/aromatic N) is 10. The number of ether oxygens (including phenoxy) is 1. The van der Waals surface area contributed by atoms with Gasteiger partial charge in [-0.1, -0.05) is 0 Å². The van der Waals surface area contributed by atoms with Gasteiger partial charge in [-0.2, -0.15) is 10.1 Å². The van der Waals surface area contributed by atoms with Crippen molar-refractivity contribution >= 4 is 63.6 Å². The second-order valence-corrected chi connectivity index (χ2v) is 17.6. The van der Waals surface area contributed by atoms with E-state index in [0.717, 1.165) is 99.1 Å². The lowest BCUT2D eigenvalue weighted by atomic mass is 9.95. The molecule has 61 heavy (non-hydrogen) atoms. The van der Waals surface area contributed by atoms with Crippen molar-refractivity contribution < 1.29 is 28.3 Å². The van der Waals surface area contributed by atoms with E-state index >= 15 is 4.39 Å². The summed E-state index contributed by atoms with van der Waals surface area (Å²) in [6.45, 7) is 10.2. The Hall–Kier alpha value is -5.75. The number of hydrogen-bond donors (Lipinski definition) is 2. The van der Waals surface area contributed by atoms with Gasteiger partial charge in [-0.15, -0.1) is 0 Å². The molecule has 5 fully saturated rings. The number of aromatic nitrogens is 5. The number of imide groups is 2. The van der Waals surface area contributed by atoms with Gasteiger partial charge in [0.1, 0.15) is 23.5 Å². The molecule has 17 nitrogen and oxygen atoms in total. The first-order chi connectivity index (χ1) is 29.5. The van der Waals surface area contributed by atoms with Crippen molar-refractivity contribution in [3.63, 3.8) is 0 Å². The zero-order valence-corrected chi connectivity index (χ0v) is 34.7. The summed E-state index contributed by atoms with van der Waals surface area (Å²) in [4.78, 5) is 75.1. The van der Waals surface area contributed by atoms with Crippen molar-refractivity contribution in [2.45, 2.75) is 89.1 Å². The third kappa shape index (κ3) is 7.12. The molecule has 2 N–H and O–H groups in total. The SMILES string of the molecule is COC1CCN(c2nccc(Nc3cc4c(cn3)c(N3CCC(CN5CC6CC5CN6c5cc6c(cc5F)C(=O)N(C5CCC(=O)NC5=O)C6=O)CC3)nn4C(C)C)n2)CC1. The van der Waals surface area contributed by atoms with Gasteiger partial charge in [0, 0.05) is 95.9 Å². The van der Waals surface area contributed by atoms with E-state index in [1.165, 1.54) is 6.07 Å². The Balaban J connectivity index is 0.763. The van der Waals surface area contributed by atoms with E-state index in [1.807, 2.05) is 17.2 Å². The van der Waals surface area contributed by atoms with E-state index < -0.39 is 35.5 Å². The van der Waals surface area contributed by atoms with Crippen LogP contribution >= 0.6 is 0 Å². The molecular formula is C43H51FN12O5. The monoisotopic (exact) mass is 834 g/mol. The molecule has 3 aromatic heterocycles. The molecule has 1 aromatic carbocycles. The number of methoxy groups -OCH3 is 1. The van der Waals surface area contributed by atoms with Crippen molar-refractivity contribution in [3.8, 4) is 0 Å². The summed E-state index contributed by atoms with van der Waals surface area (Å²) in [5, 5.41) is 11.8. The number of nitrogens with one attached hydrogen (secondary N) is 2. The lowest BCUT2D eigenvalue weighted by molar-refractivity contribution is -0.136. The fourth-order valence-corrected chi connectivity index (χ4v) is 10.3. The first kappa shape index (κ1) is 39.4. The van der Waals surface area contributed by atoms with Crippen LogP contribution in [-0.2, 0) is 14.3 Å². The smallest absolute Gasteiger partial charge is 0.262 e. The zero-order chi connectivity index (χ0) is 42.1. The molecule has 2 bridgehead atoms. The van der Waals surface area contributed by atoms with E-state index in [2.05, 4.69) is 54.9 Å². The first-order valence-electron chi connectivity index (χ1n) is 21.6. The average Bonchev–Trinajstić information content (AvgIpc) is 4.02. The topological polar surface area (TPSA) is 174 Å². The highest BCUT2D eigenvalue weighted by molar-refractivity contribution is 6.23. The summed E-state index contributed by atoms with van der Waals surface area (Å²) in [5.41, 5.74) is 1.38. The van der Waals surface area contributed by atoms with Crippen LogP contribution in [-0.4, -0.2) is 135 Å². The van der Waals surface area contributed by atoms with Gasteiger partial charge in [0.05, 0.1) is 33.8 Å². The van der Waals surface area contributed by atoms with Crippen LogP contribution < -0.4 is 25.3 Å². The number of hydrogen-bond acceptors (Lipinski definition) is 14. The number of carbonyl (C=O) groups is 4. The predicted octanol–water partition coefficient (Wildman–Crippen LogP) is 3.88. The van der Waals surface area contributed by atoms with Crippen molar-refractivity contribution in [2.75, 3.05) is 72.9 Å². The number of pyridine rings is 1. The number of piperazine rings is 1. The number of benzene rings is 1. The molecule has 9 heterocycles. The van der Waals surface area contributed by atoms with Crippen LogP contribution in [0.5, 0.6) is 0 Å². The number of carbonyl (C=O) groups excluding carboxylic acids is 4. The van der Waals surface area contributed by atoms with Crippen LogP contribution in [0.4, 0.5) is 33.5 Å². The summed E-state index contributed by atoms with van der Waals surface area (Å²) in [6, 6.07) is 5.94. The Morgan fingerprint density at radius 3 is 2.36 bits per heavy atom. The van der Waals surface area contributed by atoms with Crippen molar-refractivity contribution in [3.05, 3.63) is 53.6 Å². The largest absolute Gasteiger partial charge is 0.381 e. The van der Waals surface area contributed by atoms with E-state index in [-0.39, 0.29) is 48.2 Å². The first-order valence-corrected chi connectivity index (χ1v) is 21.6. The average molecular weight is 835 g/mol. The van der Waals surface area contributed by atoms with Crippen molar-refractivity contribution in [1.82, 2.24) is 39.8 Å². The molecule has 320 valence electrons. The molecule has 0 radical (unpaired) electrons. The second-order valence-electron chi connectivity index (χ2n) is 17.6. The van der Waals surface area contributed by atoms with Gasteiger partial charge in [0.15, 0.2) is 5.82 Å². The third-order valence-electron chi connectivity index (χ3n) is 13.6. The van der Waals surface area contributed by atoms with Gasteiger partial charge in [-0.25, -0.2) is 14.4 Å². The Kier molecular flexibility index (Phi) is 10.1. The molecule has 0 saturated carbocycles. The van der Waals surface area contributed by atoms with E-state index in [4.69, 9.17) is 19.8 Å². The molecule has 4 aromatic rings. The predicted molar refractivity (Wildman–Crippen MR) is 225 cm³/mol. The standard InChI is InChI=1S/C43H51FN12O5/c1-24(2)56-34-19-37(47-36-6-11-45-43(48-36)52-14-9-28(61-3)10-15-52)46-20-31(34)39(50-56)51-12-7-25(8-13-51)21-53-22-27-16-26(53)23-54(27)35-18-30-29(17-32(35)44)41(59)55(42(30)60)33-4-5-38(57)49-40(33)58/h6,11,17-20,24-28,33H,4-5,7-10,12-16,21-23H2,1-3H3,(H,49,57,58)(H,45,46,47,48). The van der Waals surface area contributed by atoms with Crippen LogP contribution in [0.2, 0.25) is 0 Å². The van der Waals surface area contributed by atoms with E-state index in [1.54, 1.807) is 13.3 Å². The summed E-state index contributed by atoms with van der Waals surface area (Å²) < 4.78 is 23.3. The van der Waals surface area contributed by atoms with E-state index in [9.17, 15) is 19.2 Å². The second kappa shape index (κ2) is 15.6. The highest BCUT2D eigenvalue weighted by Gasteiger charge is 2.48. The molecule has 0 aliphatic carbocycles. The number of halogens is 1. The quantitative estimate of drug-likeness (QED) is 0.220.